The van der Waals surface area contributed by atoms with E-state index in [1.54, 1.807) is 23.6 Å². The fourth-order valence-corrected chi connectivity index (χ4v) is 4.68. The molecule has 0 bridgehead atoms. The minimum absolute atomic E-state index is 0.00393. The fraction of sp³-hybridized carbons (Fsp3) is 0.348. The summed E-state index contributed by atoms with van der Waals surface area (Å²) in [6.45, 7) is 1.74. The van der Waals surface area contributed by atoms with Gasteiger partial charge in [-0.05, 0) is 43.0 Å². The van der Waals surface area contributed by atoms with Crippen molar-refractivity contribution in [3.63, 3.8) is 0 Å². The summed E-state index contributed by atoms with van der Waals surface area (Å²) < 4.78 is 20.6. The molecule has 0 unspecified atom stereocenters. The number of carbonyl (C=O) groups excluding carboxylic acids is 1. The lowest BCUT2D eigenvalue weighted by molar-refractivity contribution is -0.172. The molecule has 0 spiro atoms. The van der Waals surface area contributed by atoms with Gasteiger partial charge in [0.05, 0.1) is 29.0 Å². The van der Waals surface area contributed by atoms with E-state index in [4.69, 9.17) is 4.74 Å². The molecule has 0 saturated carbocycles. The number of aryl methyl sites for hydroxylation is 1. The average molecular weight is 424 g/mol. The first-order valence-electron chi connectivity index (χ1n) is 10.3. The molecule has 0 fully saturated rings. The molecule has 0 aliphatic carbocycles. The number of halogens is 1. The number of pyridine rings is 2. The highest BCUT2D eigenvalue weighted by Crippen LogP contribution is 2.40. The highest BCUT2D eigenvalue weighted by molar-refractivity contribution is 5.89. The third-order valence-corrected chi connectivity index (χ3v) is 6.35. The van der Waals surface area contributed by atoms with Crippen LogP contribution in [-0.4, -0.2) is 32.3 Å². The Morgan fingerprint density at radius 3 is 2.81 bits per heavy atom. The Balaban J connectivity index is 1.81. The normalized spacial score (nSPS) is 19.2. The number of aliphatic hydroxyl groups is 2. The van der Waals surface area contributed by atoms with E-state index in [2.05, 4.69) is 4.98 Å². The third-order valence-electron chi connectivity index (χ3n) is 6.35. The Hall–Kier alpha value is -3.10. The molecule has 8 heteroatoms. The lowest BCUT2D eigenvalue weighted by Gasteiger charge is -2.31. The molecule has 160 valence electrons. The van der Waals surface area contributed by atoms with E-state index in [1.807, 2.05) is 0 Å². The molecule has 4 heterocycles. The van der Waals surface area contributed by atoms with Gasteiger partial charge in [0.2, 0.25) is 0 Å². The van der Waals surface area contributed by atoms with Crippen molar-refractivity contribution in [3.05, 3.63) is 62.7 Å². The Bertz CT molecular complexity index is 1320. The highest BCUT2D eigenvalue weighted by Gasteiger charge is 2.45. The van der Waals surface area contributed by atoms with Gasteiger partial charge in [0.1, 0.15) is 12.4 Å². The maximum atomic E-state index is 13.9. The van der Waals surface area contributed by atoms with Crippen molar-refractivity contribution in [2.24, 2.45) is 0 Å². The van der Waals surface area contributed by atoms with Gasteiger partial charge in [0, 0.05) is 29.2 Å². The van der Waals surface area contributed by atoms with Crippen LogP contribution in [0.4, 0.5) is 4.39 Å². The lowest BCUT2D eigenvalue weighted by atomic mass is 9.86. The first-order chi connectivity index (χ1) is 14.9. The number of carbonyl (C=O) groups is 1. The molecule has 2 aliphatic rings. The van der Waals surface area contributed by atoms with Crippen LogP contribution in [0.25, 0.3) is 22.3 Å². The molecule has 7 nitrogen and oxygen atoms in total. The number of hydrogen-bond donors (Lipinski definition) is 2. The fourth-order valence-electron chi connectivity index (χ4n) is 4.68. The summed E-state index contributed by atoms with van der Waals surface area (Å²) in [6.07, 6.45) is 1.13. The number of hydrogen-bond acceptors (Lipinski definition) is 6. The van der Waals surface area contributed by atoms with Crippen molar-refractivity contribution in [2.45, 2.75) is 44.9 Å². The zero-order chi connectivity index (χ0) is 21.9. The molecule has 1 atom stereocenters. The van der Waals surface area contributed by atoms with E-state index in [9.17, 15) is 24.2 Å². The van der Waals surface area contributed by atoms with Gasteiger partial charge in [0.25, 0.3) is 5.56 Å². The second-order valence-corrected chi connectivity index (χ2v) is 8.01. The summed E-state index contributed by atoms with van der Waals surface area (Å²) in [5, 5.41) is 21.1. The molecule has 3 aromatic rings. The van der Waals surface area contributed by atoms with Gasteiger partial charge in [-0.15, -0.1) is 0 Å². The quantitative estimate of drug-likeness (QED) is 0.487. The van der Waals surface area contributed by atoms with Crippen molar-refractivity contribution < 1.29 is 24.1 Å². The Morgan fingerprint density at radius 1 is 1.26 bits per heavy atom. The van der Waals surface area contributed by atoms with Crippen molar-refractivity contribution in [1.82, 2.24) is 9.55 Å². The van der Waals surface area contributed by atoms with Crippen molar-refractivity contribution in [2.75, 3.05) is 6.61 Å². The van der Waals surface area contributed by atoms with Gasteiger partial charge in [-0.3, -0.25) is 4.79 Å². The summed E-state index contributed by atoms with van der Waals surface area (Å²) in [5.74, 6) is -1.20. The van der Waals surface area contributed by atoms with E-state index in [-0.39, 0.29) is 42.9 Å². The van der Waals surface area contributed by atoms with Gasteiger partial charge < -0.3 is 19.5 Å². The van der Waals surface area contributed by atoms with Gasteiger partial charge in [0.15, 0.2) is 5.60 Å². The van der Waals surface area contributed by atoms with E-state index in [1.165, 1.54) is 12.1 Å². The Labute approximate surface area is 176 Å². The molecule has 0 amide bonds. The van der Waals surface area contributed by atoms with Crippen LogP contribution in [0, 0.1) is 5.82 Å². The number of ether oxygens (including phenoxy) is 1. The maximum absolute atomic E-state index is 13.9. The highest BCUT2D eigenvalue weighted by atomic mass is 19.1. The molecular formula is C23H21FN2O5. The summed E-state index contributed by atoms with van der Waals surface area (Å²) in [5.41, 5.74) is 1.48. The smallest absolute Gasteiger partial charge is 0.343 e. The molecule has 0 saturated heterocycles. The number of benzene rings is 1. The minimum Gasteiger partial charge on any atom is -0.458 e. The topological polar surface area (TPSA) is 102 Å². The maximum Gasteiger partial charge on any atom is 0.343 e. The molecule has 5 rings (SSSR count). The predicted octanol–water partition coefficient (Wildman–Crippen LogP) is 2.14. The van der Waals surface area contributed by atoms with Crippen LogP contribution < -0.4 is 5.56 Å². The van der Waals surface area contributed by atoms with Crippen LogP contribution in [0.5, 0.6) is 0 Å². The predicted molar refractivity (Wildman–Crippen MR) is 110 cm³/mol. The number of fused-ring (bicyclic) bond motifs is 5. The molecule has 1 aromatic carbocycles. The van der Waals surface area contributed by atoms with Crippen LogP contribution in [0.3, 0.4) is 0 Å². The second-order valence-electron chi connectivity index (χ2n) is 8.01. The Kier molecular flexibility index (Phi) is 4.46. The largest absolute Gasteiger partial charge is 0.458 e. The second kappa shape index (κ2) is 6.96. The first kappa shape index (κ1) is 19.8. The number of aliphatic hydroxyl groups excluding tert-OH is 1. The zero-order valence-corrected chi connectivity index (χ0v) is 16.9. The van der Waals surface area contributed by atoms with E-state index in [0.29, 0.717) is 29.7 Å². The van der Waals surface area contributed by atoms with Crippen molar-refractivity contribution >= 4 is 16.9 Å². The molecule has 2 N–H and O–H groups in total. The number of esters is 1. The Morgan fingerprint density at radius 2 is 2.06 bits per heavy atom. The monoisotopic (exact) mass is 424 g/mol. The number of cyclic esters (lactones) is 1. The summed E-state index contributed by atoms with van der Waals surface area (Å²) in [4.78, 5) is 30.2. The van der Waals surface area contributed by atoms with Crippen LogP contribution >= 0.6 is 0 Å². The molecule has 31 heavy (non-hydrogen) atoms. The summed E-state index contributed by atoms with van der Waals surface area (Å²) in [6, 6.07) is 6.03. The number of aromatic nitrogens is 2. The van der Waals surface area contributed by atoms with Gasteiger partial charge in [-0.1, -0.05) is 6.92 Å². The van der Waals surface area contributed by atoms with Crippen LogP contribution in [0.1, 0.15) is 42.0 Å². The van der Waals surface area contributed by atoms with E-state index in [0.717, 1.165) is 16.5 Å². The van der Waals surface area contributed by atoms with Gasteiger partial charge in [-0.2, -0.15) is 0 Å². The van der Waals surface area contributed by atoms with Gasteiger partial charge in [-0.25, -0.2) is 14.2 Å². The third kappa shape index (κ3) is 2.75. The molecule has 0 radical (unpaired) electrons. The first-order valence-corrected chi connectivity index (χ1v) is 10.3. The van der Waals surface area contributed by atoms with Crippen molar-refractivity contribution in [1.29, 1.82) is 0 Å². The van der Waals surface area contributed by atoms with Crippen LogP contribution in [-0.2, 0) is 34.7 Å². The molecule has 2 aromatic heterocycles. The summed E-state index contributed by atoms with van der Waals surface area (Å²) >= 11 is 0. The van der Waals surface area contributed by atoms with E-state index >= 15 is 0 Å². The molecular weight excluding hydrogens is 403 g/mol. The number of rotatable bonds is 4. The average Bonchev–Trinajstić information content (AvgIpc) is 3.13. The number of nitrogens with zero attached hydrogens (tertiary/aromatic N) is 2. The molecule has 2 aliphatic heterocycles. The van der Waals surface area contributed by atoms with Crippen LogP contribution in [0.2, 0.25) is 0 Å². The lowest BCUT2D eigenvalue weighted by Crippen LogP contribution is -2.44. The summed E-state index contributed by atoms with van der Waals surface area (Å²) in [7, 11) is 0. The van der Waals surface area contributed by atoms with Gasteiger partial charge >= 0.3 is 5.97 Å². The minimum atomic E-state index is -1.90. The zero-order valence-electron chi connectivity index (χ0n) is 16.9. The van der Waals surface area contributed by atoms with E-state index < -0.39 is 17.4 Å². The SMILES string of the molecule is CC[C@@]1(O)C(=O)OCc2c1cc1n(c2=O)Cc2c-1nc1cc(F)ccc1c2CCCO. The standard InChI is InChI=1S/C23H21FN2O5/c1-2-23(30)17-9-19-20-15(10-26(19)21(28)16(17)11-31-22(23)29)13(4-3-7-27)14-6-5-12(24)8-18(14)25-20/h5-6,8-9,27,30H,2-4,7,10-11H2,1H3/t23-/m0/s1. The van der Waals surface area contributed by atoms with Crippen LogP contribution in [0.15, 0.2) is 29.1 Å². The van der Waals surface area contributed by atoms with Crippen molar-refractivity contribution in [3.8, 4) is 11.4 Å².